The van der Waals surface area contributed by atoms with Gasteiger partial charge in [-0.15, -0.1) is 0 Å². The normalized spacial score (nSPS) is 11.4. The van der Waals surface area contributed by atoms with Crippen molar-refractivity contribution in [2.45, 2.75) is 6.92 Å². The van der Waals surface area contributed by atoms with Crippen molar-refractivity contribution < 1.29 is 9.53 Å². The van der Waals surface area contributed by atoms with Crippen molar-refractivity contribution >= 4 is 12.0 Å². The first-order valence-electron chi connectivity index (χ1n) is 4.99. The van der Waals surface area contributed by atoms with Crippen molar-refractivity contribution in [3.8, 4) is 0 Å². The molecular weight excluding hydrogens is 200 g/mol. The van der Waals surface area contributed by atoms with Crippen molar-refractivity contribution in [2.75, 3.05) is 0 Å². The molecule has 0 aliphatic carbocycles. The van der Waals surface area contributed by atoms with Crippen molar-refractivity contribution in [3.05, 3.63) is 66.5 Å². The quantitative estimate of drug-likeness (QED) is 0.332. The zero-order chi connectivity index (χ0) is 11.8. The van der Waals surface area contributed by atoms with Crippen LogP contribution in [0, 0.1) is 0 Å². The first-order chi connectivity index (χ1) is 7.77. The van der Waals surface area contributed by atoms with Gasteiger partial charge in [0.05, 0.1) is 11.8 Å². The van der Waals surface area contributed by atoms with E-state index < -0.39 is 5.97 Å². The zero-order valence-electron chi connectivity index (χ0n) is 9.22. The van der Waals surface area contributed by atoms with E-state index >= 15 is 0 Å². The highest BCUT2D eigenvalue weighted by atomic mass is 16.5. The molecule has 0 heterocycles. The molecule has 16 heavy (non-hydrogen) atoms. The van der Waals surface area contributed by atoms with Crippen LogP contribution in [0.15, 0.2) is 60.9 Å². The number of ether oxygens (including phenoxy) is 1. The molecule has 0 saturated carbocycles. The third-order valence-electron chi connectivity index (χ3n) is 1.99. The SMILES string of the molecule is C=COC(=O)C(C=Cc1ccccc1)=CC. The second-order valence-corrected chi connectivity index (χ2v) is 3.06. The summed E-state index contributed by atoms with van der Waals surface area (Å²) in [6.07, 6.45) is 6.41. The smallest absolute Gasteiger partial charge is 0.342 e. The maximum atomic E-state index is 11.4. The molecule has 2 heteroatoms. The molecule has 0 aromatic heterocycles. The standard InChI is InChI=1S/C14H14O2/c1-3-13(14(15)16-4-2)11-10-12-8-6-5-7-9-12/h3-11H,2H2,1H3. The maximum absolute atomic E-state index is 11.4. The van der Waals surface area contributed by atoms with Crippen LogP contribution in [0.3, 0.4) is 0 Å². The van der Waals surface area contributed by atoms with E-state index in [0.717, 1.165) is 11.8 Å². The Hall–Kier alpha value is -2.09. The van der Waals surface area contributed by atoms with Crippen LogP contribution in [0.4, 0.5) is 0 Å². The molecule has 2 nitrogen and oxygen atoms in total. The highest BCUT2D eigenvalue weighted by molar-refractivity contribution is 5.93. The molecule has 0 spiro atoms. The fourth-order valence-corrected chi connectivity index (χ4v) is 1.18. The number of hydrogen-bond donors (Lipinski definition) is 0. The molecule has 0 unspecified atom stereocenters. The lowest BCUT2D eigenvalue weighted by molar-refractivity contribution is -0.133. The topological polar surface area (TPSA) is 26.3 Å². The molecule has 0 N–H and O–H groups in total. The maximum Gasteiger partial charge on any atom is 0.342 e. The van der Waals surface area contributed by atoms with E-state index in [-0.39, 0.29) is 0 Å². The monoisotopic (exact) mass is 214 g/mol. The van der Waals surface area contributed by atoms with Crippen molar-refractivity contribution in [1.82, 2.24) is 0 Å². The van der Waals surface area contributed by atoms with Gasteiger partial charge in [0.2, 0.25) is 0 Å². The van der Waals surface area contributed by atoms with Gasteiger partial charge in [0.1, 0.15) is 0 Å². The predicted molar refractivity (Wildman–Crippen MR) is 65.5 cm³/mol. The van der Waals surface area contributed by atoms with Crippen LogP contribution < -0.4 is 0 Å². The summed E-state index contributed by atoms with van der Waals surface area (Å²) in [6.45, 7) is 5.13. The van der Waals surface area contributed by atoms with E-state index in [1.54, 1.807) is 19.1 Å². The van der Waals surface area contributed by atoms with Crippen LogP contribution in [0.5, 0.6) is 0 Å². The Kier molecular flexibility index (Phi) is 4.80. The number of hydrogen-bond acceptors (Lipinski definition) is 2. The number of esters is 1. The van der Waals surface area contributed by atoms with Crippen LogP contribution in [-0.2, 0) is 9.53 Å². The summed E-state index contributed by atoms with van der Waals surface area (Å²) in [7, 11) is 0. The van der Waals surface area contributed by atoms with E-state index in [2.05, 4.69) is 11.3 Å². The van der Waals surface area contributed by atoms with Crippen molar-refractivity contribution in [1.29, 1.82) is 0 Å². The lowest BCUT2D eigenvalue weighted by Crippen LogP contribution is -2.01. The highest BCUT2D eigenvalue weighted by Crippen LogP contribution is 2.06. The number of benzene rings is 1. The summed E-state index contributed by atoms with van der Waals surface area (Å²) in [4.78, 5) is 11.4. The van der Waals surface area contributed by atoms with Crippen molar-refractivity contribution in [3.63, 3.8) is 0 Å². The number of carbonyl (C=O) groups is 1. The van der Waals surface area contributed by atoms with Gasteiger partial charge in [0, 0.05) is 0 Å². The summed E-state index contributed by atoms with van der Waals surface area (Å²) in [6, 6.07) is 9.75. The van der Waals surface area contributed by atoms with Crippen LogP contribution in [-0.4, -0.2) is 5.97 Å². The average Bonchev–Trinajstić information content (AvgIpc) is 2.31. The van der Waals surface area contributed by atoms with Gasteiger partial charge in [-0.2, -0.15) is 0 Å². The van der Waals surface area contributed by atoms with Gasteiger partial charge >= 0.3 is 5.97 Å². The summed E-state index contributed by atoms with van der Waals surface area (Å²) in [5, 5.41) is 0. The van der Waals surface area contributed by atoms with Crippen LogP contribution >= 0.6 is 0 Å². The van der Waals surface area contributed by atoms with Crippen molar-refractivity contribution in [2.24, 2.45) is 0 Å². The Bertz CT molecular complexity index is 414. The molecule has 1 aromatic rings. The largest absolute Gasteiger partial charge is 0.432 e. The van der Waals surface area contributed by atoms with Gasteiger partial charge in [-0.25, -0.2) is 4.79 Å². The lowest BCUT2D eigenvalue weighted by Gasteiger charge is -1.98. The summed E-state index contributed by atoms with van der Waals surface area (Å²) >= 11 is 0. The van der Waals surface area contributed by atoms with Gasteiger partial charge in [0.15, 0.2) is 0 Å². The molecule has 82 valence electrons. The van der Waals surface area contributed by atoms with E-state index in [0.29, 0.717) is 5.57 Å². The minimum absolute atomic E-state index is 0.398. The molecule has 0 bridgehead atoms. The Morgan fingerprint density at radius 3 is 2.56 bits per heavy atom. The summed E-state index contributed by atoms with van der Waals surface area (Å²) in [5.74, 6) is -0.398. The molecule has 0 radical (unpaired) electrons. The van der Waals surface area contributed by atoms with Gasteiger partial charge in [-0.05, 0) is 18.6 Å². The Labute approximate surface area is 95.6 Å². The molecule has 0 aliphatic rings. The average molecular weight is 214 g/mol. The number of rotatable bonds is 4. The summed E-state index contributed by atoms with van der Waals surface area (Å²) < 4.78 is 4.69. The minimum atomic E-state index is -0.398. The van der Waals surface area contributed by atoms with E-state index in [9.17, 15) is 4.79 Å². The van der Waals surface area contributed by atoms with Gasteiger partial charge in [-0.3, -0.25) is 0 Å². The number of carbonyl (C=O) groups excluding carboxylic acids is 1. The first-order valence-corrected chi connectivity index (χ1v) is 4.99. The van der Waals surface area contributed by atoms with E-state index in [1.165, 1.54) is 0 Å². The molecule has 0 amide bonds. The Morgan fingerprint density at radius 2 is 2.00 bits per heavy atom. The molecular formula is C14H14O2. The third kappa shape index (κ3) is 3.58. The number of allylic oxidation sites excluding steroid dienone is 1. The Balaban J connectivity index is 2.75. The second kappa shape index (κ2) is 6.40. The fraction of sp³-hybridized carbons (Fsp3) is 0.0714. The first kappa shape index (κ1) is 12.0. The Morgan fingerprint density at radius 1 is 1.31 bits per heavy atom. The van der Waals surface area contributed by atoms with Crippen LogP contribution in [0.25, 0.3) is 6.08 Å². The van der Waals surface area contributed by atoms with Crippen LogP contribution in [0.2, 0.25) is 0 Å². The zero-order valence-corrected chi connectivity index (χ0v) is 9.22. The van der Waals surface area contributed by atoms with Gasteiger partial charge < -0.3 is 4.74 Å². The molecule has 1 rings (SSSR count). The van der Waals surface area contributed by atoms with E-state index in [1.807, 2.05) is 36.4 Å². The molecule has 0 saturated heterocycles. The van der Waals surface area contributed by atoms with Crippen LogP contribution in [0.1, 0.15) is 12.5 Å². The molecule has 0 aliphatic heterocycles. The van der Waals surface area contributed by atoms with Gasteiger partial charge in [0.25, 0.3) is 0 Å². The predicted octanol–water partition coefficient (Wildman–Crippen LogP) is 3.33. The molecule has 0 atom stereocenters. The summed E-state index contributed by atoms with van der Waals surface area (Å²) in [5.41, 5.74) is 1.54. The molecule has 0 fully saturated rings. The lowest BCUT2D eigenvalue weighted by atomic mass is 10.1. The fourth-order valence-electron chi connectivity index (χ4n) is 1.18. The third-order valence-corrected chi connectivity index (χ3v) is 1.99. The van der Waals surface area contributed by atoms with E-state index in [4.69, 9.17) is 0 Å². The highest BCUT2D eigenvalue weighted by Gasteiger charge is 2.04. The minimum Gasteiger partial charge on any atom is -0.432 e. The van der Waals surface area contributed by atoms with Gasteiger partial charge in [-0.1, -0.05) is 49.1 Å². The second-order valence-electron chi connectivity index (χ2n) is 3.06. The molecule has 1 aromatic carbocycles.